The predicted octanol–water partition coefficient (Wildman–Crippen LogP) is 4.74. The molecule has 26 heavy (non-hydrogen) atoms. The highest BCUT2D eigenvalue weighted by atomic mass is 31.2. The Hall–Kier alpha value is -2.91. The summed E-state index contributed by atoms with van der Waals surface area (Å²) in [5.74, 6) is 0.166. The van der Waals surface area contributed by atoms with Gasteiger partial charge in [0.2, 0.25) is 0 Å². The molecule has 0 spiro atoms. The summed E-state index contributed by atoms with van der Waals surface area (Å²) in [7, 11) is -3.41. The molecule has 2 aromatic carbocycles. The van der Waals surface area contributed by atoms with E-state index in [1.165, 1.54) is 0 Å². The van der Waals surface area contributed by atoms with Crippen LogP contribution in [0.5, 0.6) is 5.75 Å². The molecular formula is C20H15F2N2OP. The van der Waals surface area contributed by atoms with Crippen molar-refractivity contribution in [1.82, 2.24) is 9.55 Å². The van der Waals surface area contributed by atoms with Gasteiger partial charge in [0.1, 0.15) is 5.75 Å². The minimum atomic E-state index is -3.41. The normalized spacial score (nSPS) is 12.2. The largest absolute Gasteiger partial charge is 0.481 e. The molecule has 0 bridgehead atoms. The van der Waals surface area contributed by atoms with E-state index in [4.69, 9.17) is 0 Å². The van der Waals surface area contributed by atoms with Crippen LogP contribution in [0.3, 0.4) is 0 Å². The average Bonchev–Trinajstić information content (AvgIpc) is 3.20. The van der Waals surface area contributed by atoms with Gasteiger partial charge in [-0.05, 0) is 48.5 Å². The molecule has 0 aliphatic heterocycles. The van der Waals surface area contributed by atoms with Gasteiger partial charge in [-0.2, -0.15) is 0 Å². The fourth-order valence-corrected chi connectivity index (χ4v) is 3.31. The number of hydrogen-bond acceptors (Lipinski definition) is 1. The maximum Gasteiger partial charge on any atom is 0.481 e. The Kier molecular flexibility index (Phi) is 4.31. The van der Waals surface area contributed by atoms with Crippen LogP contribution in [0.1, 0.15) is 5.69 Å². The molecule has 0 unspecified atom stereocenters. The van der Waals surface area contributed by atoms with Gasteiger partial charge in [-0.3, -0.25) is 0 Å². The highest BCUT2D eigenvalue weighted by Gasteiger charge is 2.08. The highest BCUT2D eigenvalue weighted by molar-refractivity contribution is 7.41. The summed E-state index contributed by atoms with van der Waals surface area (Å²) < 4.78 is 31.2. The summed E-state index contributed by atoms with van der Waals surface area (Å²) in [6.07, 6.45) is 3.99. The van der Waals surface area contributed by atoms with Crippen molar-refractivity contribution < 1.29 is 12.9 Å². The van der Waals surface area contributed by atoms with Gasteiger partial charge in [0.15, 0.2) is 0 Å². The van der Waals surface area contributed by atoms with Gasteiger partial charge >= 0.3 is 8.77 Å². The third-order valence-corrected chi connectivity index (χ3v) is 4.54. The minimum absolute atomic E-state index is 0.166. The zero-order valence-corrected chi connectivity index (χ0v) is 14.6. The zero-order chi connectivity index (χ0) is 18.1. The summed E-state index contributed by atoms with van der Waals surface area (Å²) in [6, 6.07) is 18.6. The van der Waals surface area contributed by atoms with Gasteiger partial charge in [0.05, 0.1) is 0 Å². The molecule has 4 aromatic rings. The van der Waals surface area contributed by atoms with Crippen LogP contribution in [0, 0.1) is 0 Å². The van der Waals surface area contributed by atoms with Crippen molar-refractivity contribution in [2.75, 3.05) is 0 Å². The van der Waals surface area contributed by atoms with Gasteiger partial charge in [-0.1, -0.05) is 24.8 Å². The van der Waals surface area contributed by atoms with Crippen LogP contribution >= 0.6 is 8.77 Å². The average molecular weight is 368 g/mol. The van der Waals surface area contributed by atoms with E-state index >= 15 is 0 Å². The first-order valence-electron chi connectivity index (χ1n) is 7.97. The Labute approximate surface area is 149 Å². The summed E-state index contributed by atoms with van der Waals surface area (Å²) in [5.41, 5.74) is 2.87. The molecule has 2 aromatic heterocycles. The molecule has 1 N–H and O–H groups in total. The molecule has 0 aliphatic rings. The molecule has 4 rings (SSSR count). The Bertz CT molecular complexity index is 1160. The molecule has 0 amide bonds. The first kappa shape index (κ1) is 16.6. The lowest BCUT2D eigenvalue weighted by molar-refractivity contribution is 0.507. The van der Waals surface area contributed by atoms with Crippen molar-refractivity contribution >= 4 is 32.3 Å². The molecule has 0 fully saturated rings. The van der Waals surface area contributed by atoms with Gasteiger partial charge in [0.25, 0.3) is 0 Å². The van der Waals surface area contributed by atoms with Crippen molar-refractivity contribution in [2.24, 2.45) is 0 Å². The molecule has 3 nitrogen and oxygen atoms in total. The number of benzene rings is 2. The third-order valence-electron chi connectivity index (χ3n) is 4.19. The third kappa shape index (κ3) is 3.14. The number of aromatic amines is 1. The number of nitrogens with one attached hydrogen (secondary N) is 1. The van der Waals surface area contributed by atoms with E-state index in [9.17, 15) is 8.39 Å². The van der Waals surface area contributed by atoms with Crippen LogP contribution in [-0.4, -0.2) is 9.55 Å². The SMILES string of the molecule is C=c1[nH]c2ccccc2/c1=C\c1cccn1-c1ccc(OP(F)F)cc1. The second kappa shape index (κ2) is 6.77. The van der Waals surface area contributed by atoms with E-state index < -0.39 is 8.77 Å². The Morgan fingerprint density at radius 1 is 1.00 bits per heavy atom. The number of rotatable bonds is 4. The van der Waals surface area contributed by atoms with E-state index in [0.717, 1.165) is 32.9 Å². The summed E-state index contributed by atoms with van der Waals surface area (Å²) >= 11 is 0. The fourth-order valence-electron chi connectivity index (χ4n) is 3.03. The second-order valence-corrected chi connectivity index (χ2v) is 6.38. The fraction of sp³-hybridized carbons (Fsp3) is 0. The van der Waals surface area contributed by atoms with Gasteiger partial charge in [0, 0.05) is 39.0 Å². The minimum Gasteiger partial charge on any atom is -0.421 e. The molecule has 0 aliphatic carbocycles. The van der Waals surface area contributed by atoms with Crippen LogP contribution in [-0.2, 0) is 0 Å². The quantitative estimate of drug-likeness (QED) is 0.518. The van der Waals surface area contributed by atoms with Crippen LogP contribution < -0.4 is 15.1 Å². The van der Waals surface area contributed by atoms with E-state index in [0.29, 0.717) is 0 Å². The van der Waals surface area contributed by atoms with Crippen molar-refractivity contribution in [3.05, 3.63) is 83.1 Å². The molecule has 0 saturated heterocycles. The summed E-state index contributed by atoms with van der Waals surface area (Å²) in [6.45, 7) is 4.10. The standard InChI is InChI=1S/C20H15F2N2OP/c1-14-19(18-6-2-3-7-20(18)23-14)13-16-5-4-12-24(16)15-8-10-17(11-9-15)25-26(21)22/h2-13,23H,1H2/b19-13-. The number of fused-ring (bicyclic) bond motifs is 1. The van der Waals surface area contributed by atoms with Crippen LogP contribution in [0.15, 0.2) is 66.9 Å². The summed E-state index contributed by atoms with van der Waals surface area (Å²) in [5, 5.41) is 2.98. The van der Waals surface area contributed by atoms with Crippen molar-refractivity contribution in [3.8, 4) is 11.4 Å². The van der Waals surface area contributed by atoms with E-state index in [-0.39, 0.29) is 5.75 Å². The van der Waals surface area contributed by atoms with Gasteiger partial charge < -0.3 is 14.1 Å². The zero-order valence-electron chi connectivity index (χ0n) is 13.7. The summed E-state index contributed by atoms with van der Waals surface area (Å²) in [4.78, 5) is 3.29. The molecule has 6 heteroatoms. The maximum atomic E-state index is 12.4. The number of para-hydroxylation sites is 1. The van der Waals surface area contributed by atoms with Gasteiger partial charge in [-0.15, -0.1) is 8.39 Å². The number of hydrogen-bond donors (Lipinski definition) is 1. The lowest BCUT2D eigenvalue weighted by Crippen LogP contribution is -2.21. The first-order valence-corrected chi connectivity index (χ1v) is 9.01. The van der Waals surface area contributed by atoms with Crippen molar-refractivity contribution in [3.63, 3.8) is 0 Å². The second-order valence-electron chi connectivity index (χ2n) is 5.80. The Morgan fingerprint density at radius 2 is 1.77 bits per heavy atom. The predicted molar refractivity (Wildman–Crippen MR) is 102 cm³/mol. The number of H-pyrrole nitrogens is 1. The first-order chi connectivity index (χ1) is 12.6. The Morgan fingerprint density at radius 3 is 2.54 bits per heavy atom. The number of nitrogens with zero attached hydrogens (tertiary/aromatic N) is 1. The molecular weight excluding hydrogens is 353 g/mol. The monoisotopic (exact) mass is 368 g/mol. The number of aromatic nitrogens is 2. The maximum absolute atomic E-state index is 12.4. The van der Waals surface area contributed by atoms with Crippen molar-refractivity contribution in [2.45, 2.75) is 0 Å². The van der Waals surface area contributed by atoms with E-state index in [1.807, 2.05) is 41.1 Å². The van der Waals surface area contributed by atoms with Gasteiger partial charge in [-0.25, -0.2) is 0 Å². The van der Waals surface area contributed by atoms with E-state index in [2.05, 4.69) is 28.2 Å². The number of halogens is 2. The van der Waals surface area contributed by atoms with Crippen LogP contribution in [0.2, 0.25) is 0 Å². The topological polar surface area (TPSA) is 29.9 Å². The van der Waals surface area contributed by atoms with Crippen LogP contribution in [0.4, 0.5) is 8.39 Å². The smallest absolute Gasteiger partial charge is 0.421 e. The highest BCUT2D eigenvalue weighted by Crippen LogP contribution is 2.40. The molecule has 130 valence electrons. The Balaban J connectivity index is 1.78. The molecule has 0 radical (unpaired) electrons. The lowest BCUT2D eigenvalue weighted by Gasteiger charge is -2.08. The molecule has 2 heterocycles. The molecule has 0 atom stereocenters. The van der Waals surface area contributed by atoms with E-state index in [1.54, 1.807) is 24.3 Å². The van der Waals surface area contributed by atoms with Crippen molar-refractivity contribution in [1.29, 1.82) is 0 Å². The van der Waals surface area contributed by atoms with Crippen LogP contribution in [0.25, 0.3) is 29.2 Å². The lowest BCUT2D eigenvalue weighted by atomic mass is 10.2. The molecule has 0 saturated carbocycles.